The van der Waals surface area contributed by atoms with Crippen molar-refractivity contribution >= 4 is 21.6 Å². The Morgan fingerprint density at radius 3 is 2.46 bits per heavy atom. The minimum Gasteiger partial charge on any atom is -0.356 e. The molecule has 2 aliphatic rings. The highest BCUT2D eigenvalue weighted by Crippen LogP contribution is 2.30. The van der Waals surface area contributed by atoms with Gasteiger partial charge in [-0.3, -0.25) is 4.79 Å². The van der Waals surface area contributed by atoms with Gasteiger partial charge < -0.3 is 9.80 Å². The van der Waals surface area contributed by atoms with Crippen LogP contribution in [0.3, 0.4) is 0 Å². The summed E-state index contributed by atoms with van der Waals surface area (Å²) in [5.41, 5.74) is 0.808. The molecule has 0 aromatic carbocycles. The standard InChI is InChI=1S/C17H25N3O3S/c1-17(2)6-3-7-20(13-17)15-5-4-14(12-18-15)16(21)19-8-10-24(22,23)11-9-19/h4-5,12H,3,6-11,13H2,1-2H3. The summed E-state index contributed by atoms with van der Waals surface area (Å²) >= 11 is 0. The lowest BCUT2D eigenvalue weighted by Gasteiger charge is -2.38. The molecule has 0 bridgehead atoms. The van der Waals surface area contributed by atoms with Gasteiger partial charge in [-0.25, -0.2) is 13.4 Å². The lowest BCUT2D eigenvalue weighted by atomic mass is 9.84. The maximum Gasteiger partial charge on any atom is 0.255 e. The molecule has 2 saturated heterocycles. The molecule has 1 aromatic rings. The zero-order valence-electron chi connectivity index (χ0n) is 14.4. The quantitative estimate of drug-likeness (QED) is 0.809. The average molecular weight is 351 g/mol. The fourth-order valence-corrected chi connectivity index (χ4v) is 4.62. The molecule has 0 spiro atoms. The molecule has 3 heterocycles. The molecule has 0 saturated carbocycles. The van der Waals surface area contributed by atoms with E-state index in [1.165, 1.54) is 6.42 Å². The van der Waals surface area contributed by atoms with Crippen LogP contribution in [0.25, 0.3) is 0 Å². The topological polar surface area (TPSA) is 70.6 Å². The van der Waals surface area contributed by atoms with Gasteiger partial charge in [0.2, 0.25) is 0 Å². The number of anilines is 1. The number of aromatic nitrogens is 1. The van der Waals surface area contributed by atoms with Crippen molar-refractivity contribution in [3.05, 3.63) is 23.9 Å². The highest BCUT2D eigenvalue weighted by molar-refractivity contribution is 7.91. The average Bonchev–Trinajstić information content (AvgIpc) is 2.53. The maximum absolute atomic E-state index is 12.5. The largest absolute Gasteiger partial charge is 0.356 e. The lowest BCUT2D eigenvalue weighted by Crippen LogP contribution is -2.43. The Kier molecular flexibility index (Phi) is 4.55. The number of sulfone groups is 1. The number of carbonyl (C=O) groups excluding carboxylic acids is 1. The van der Waals surface area contributed by atoms with Crippen LogP contribution >= 0.6 is 0 Å². The monoisotopic (exact) mass is 351 g/mol. The summed E-state index contributed by atoms with van der Waals surface area (Å²) in [5.74, 6) is 0.865. The van der Waals surface area contributed by atoms with Gasteiger partial charge in [0, 0.05) is 32.4 Å². The minimum absolute atomic E-state index is 0.0487. The minimum atomic E-state index is -2.98. The molecule has 132 valence electrons. The molecule has 0 aliphatic carbocycles. The molecule has 0 atom stereocenters. The summed E-state index contributed by atoms with van der Waals surface area (Å²) < 4.78 is 22.9. The van der Waals surface area contributed by atoms with Crippen LogP contribution in [0.15, 0.2) is 18.3 Å². The number of rotatable bonds is 2. The highest BCUT2D eigenvalue weighted by Gasteiger charge is 2.28. The summed E-state index contributed by atoms with van der Waals surface area (Å²) in [5, 5.41) is 0. The number of nitrogens with zero attached hydrogens (tertiary/aromatic N) is 3. The second-order valence-corrected chi connectivity index (χ2v) is 9.84. The van der Waals surface area contributed by atoms with Gasteiger partial charge >= 0.3 is 0 Å². The van der Waals surface area contributed by atoms with Gasteiger partial charge in [-0.15, -0.1) is 0 Å². The summed E-state index contributed by atoms with van der Waals surface area (Å²) in [7, 11) is -2.98. The van der Waals surface area contributed by atoms with E-state index in [1.54, 1.807) is 17.2 Å². The molecule has 1 aromatic heterocycles. The molecule has 7 heteroatoms. The van der Waals surface area contributed by atoms with Crippen LogP contribution in [0.5, 0.6) is 0 Å². The Bertz CT molecular complexity index is 699. The van der Waals surface area contributed by atoms with Crippen LogP contribution in [0.4, 0.5) is 5.82 Å². The van der Waals surface area contributed by atoms with E-state index in [0.29, 0.717) is 5.56 Å². The van der Waals surface area contributed by atoms with Crippen molar-refractivity contribution in [2.45, 2.75) is 26.7 Å². The van der Waals surface area contributed by atoms with E-state index in [4.69, 9.17) is 0 Å². The predicted molar refractivity (Wildman–Crippen MR) is 94.0 cm³/mol. The summed E-state index contributed by atoms with van der Waals surface area (Å²) in [6, 6.07) is 3.70. The van der Waals surface area contributed by atoms with Crippen LogP contribution < -0.4 is 4.90 Å². The van der Waals surface area contributed by atoms with E-state index in [2.05, 4.69) is 23.7 Å². The number of carbonyl (C=O) groups is 1. The first-order chi connectivity index (χ1) is 11.3. The zero-order chi connectivity index (χ0) is 17.4. The van der Waals surface area contributed by atoms with Crippen LogP contribution in [0.2, 0.25) is 0 Å². The molecule has 2 aliphatic heterocycles. The number of piperidine rings is 1. The van der Waals surface area contributed by atoms with Crippen molar-refractivity contribution in [1.82, 2.24) is 9.88 Å². The van der Waals surface area contributed by atoms with E-state index in [-0.39, 0.29) is 35.9 Å². The van der Waals surface area contributed by atoms with Crippen LogP contribution in [0.1, 0.15) is 37.0 Å². The molecular weight excluding hydrogens is 326 g/mol. The van der Waals surface area contributed by atoms with Gasteiger partial charge in [0.05, 0.1) is 17.1 Å². The zero-order valence-corrected chi connectivity index (χ0v) is 15.2. The Morgan fingerprint density at radius 1 is 1.17 bits per heavy atom. The second-order valence-electron chi connectivity index (χ2n) is 7.54. The Morgan fingerprint density at radius 2 is 1.88 bits per heavy atom. The molecule has 6 nitrogen and oxygen atoms in total. The predicted octanol–water partition coefficient (Wildman–Crippen LogP) is 1.58. The summed E-state index contributed by atoms with van der Waals surface area (Å²) in [6.07, 6.45) is 3.98. The summed E-state index contributed by atoms with van der Waals surface area (Å²) in [4.78, 5) is 20.8. The van der Waals surface area contributed by atoms with Gasteiger partial charge in [-0.1, -0.05) is 13.8 Å². The smallest absolute Gasteiger partial charge is 0.255 e. The van der Waals surface area contributed by atoms with Crippen molar-refractivity contribution in [1.29, 1.82) is 0 Å². The first-order valence-corrected chi connectivity index (χ1v) is 10.3. The molecule has 3 rings (SSSR count). The molecular formula is C17H25N3O3S. The Labute approximate surface area is 143 Å². The molecule has 0 radical (unpaired) electrons. The number of hydrogen-bond donors (Lipinski definition) is 0. The fraction of sp³-hybridized carbons (Fsp3) is 0.647. The first-order valence-electron chi connectivity index (χ1n) is 8.47. The normalized spacial score (nSPS) is 23.1. The fourth-order valence-electron chi connectivity index (χ4n) is 3.42. The van der Waals surface area contributed by atoms with Crippen LogP contribution in [-0.4, -0.2) is 61.9 Å². The van der Waals surface area contributed by atoms with Crippen LogP contribution in [-0.2, 0) is 9.84 Å². The van der Waals surface area contributed by atoms with Gasteiger partial charge in [-0.2, -0.15) is 0 Å². The van der Waals surface area contributed by atoms with Crippen molar-refractivity contribution < 1.29 is 13.2 Å². The van der Waals surface area contributed by atoms with Gasteiger partial charge in [0.15, 0.2) is 9.84 Å². The highest BCUT2D eigenvalue weighted by atomic mass is 32.2. The summed E-state index contributed by atoms with van der Waals surface area (Å²) in [6.45, 7) is 7.03. The molecule has 0 N–H and O–H groups in total. The Balaban J connectivity index is 1.67. The van der Waals surface area contributed by atoms with Crippen LogP contribution in [0, 0.1) is 5.41 Å². The molecule has 2 fully saturated rings. The first kappa shape index (κ1) is 17.2. The SMILES string of the molecule is CC1(C)CCCN(c2ccc(C(=O)N3CCS(=O)(=O)CC3)cn2)C1. The van der Waals surface area contributed by atoms with Gasteiger partial charge in [0.1, 0.15) is 5.82 Å². The number of amides is 1. The van der Waals surface area contributed by atoms with Crippen molar-refractivity contribution in [2.24, 2.45) is 5.41 Å². The molecule has 1 amide bonds. The molecule has 24 heavy (non-hydrogen) atoms. The van der Waals surface area contributed by atoms with E-state index in [1.807, 2.05) is 6.07 Å². The van der Waals surface area contributed by atoms with E-state index >= 15 is 0 Å². The number of hydrogen-bond acceptors (Lipinski definition) is 5. The van der Waals surface area contributed by atoms with Gasteiger partial charge in [-0.05, 0) is 30.4 Å². The van der Waals surface area contributed by atoms with Crippen molar-refractivity contribution in [3.8, 4) is 0 Å². The maximum atomic E-state index is 12.5. The van der Waals surface area contributed by atoms with E-state index in [9.17, 15) is 13.2 Å². The number of pyridine rings is 1. The Hall–Kier alpha value is -1.63. The third-order valence-corrected chi connectivity index (χ3v) is 6.46. The van der Waals surface area contributed by atoms with Crippen molar-refractivity contribution in [2.75, 3.05) is 42.6 Å². The van der Waals surface area contributed by atoms with Crippen molar-refractivity contribution in [3.63, 3.8) is 0 Å². The van der Waals surface area contributed by atoms with Gasteiger partial charge in [0.25, 0.3) is 5.91 Å². The van der Waals surface area contributed by atoms with E-state index < -0.39 is 9.84 Å². The third kappa shape index (κ3) is 3.88. The molecule has 0 unspecified atom stereocenters. The third-order valence-electron chi connectivity index (χ3n) is 4.85. The second kappa shape index (κ2) is 6.35. The van der Waals surface area contributed by atoms with E-state index in [0.717, 1.165) is 25.3 Å². The lowest BCUT2D eigenvalue weighted by molar-refractivity contribution is 0.0770.